The predicted molar refractivity (Wildman–Crippen MR) is 80.7 cm³/mol. The first-order valence-corrected chi connectivity index (χ1v) is 6.79. The number of aryl methyl sites for hydroxylation is 2. The zero-order chi connectivity index (χ0) is 16.3. The number of nitro benzene ring substituents is 1. The van der Waals surface area contributed by atoms with Gasteiger partial charge in [0.15, 0.2) is 0 Å². The lowest BCUT2D eigenvalue weighted by molar-refractivity contribution is -0.384. The van der Waals surface area contributed by atoms with Gasteiger partial charge < -0.3 is 9.84 Å². The Kier molecular flexibility index (Phi) is 4.41. The van der Waals surface area contributed by atoms with E-state index in [9.17, 15) is 10.1 Å². The Morgan fingerprint density at radius 3 is 2.77 bits per heavy atom. The first-order valence-electron chi connectivity index (χ1n) is 6.79. The molecule has 114 valence electrons. The summed E-state index contributed by atoms with van der Waals surface area (Å²) in [5, 5.41) is 26.9. The molecular weight excluding hydrogens is 284 g/mol. The lowest BCUT2D eigenvalue weighted by Gasteiger charge is -2.14. The van der Waals surface area contributed by atoms with Crippen LogP contribution in [0.5, 0.6) is 0 Å². The summed E-state index contributed by atoms with van der Waals surface area (Å²) in [5.74, 6) is 0.906. The lowest BCUT2D eigenvalue weighted by Crippen LogP contribution is -2.12. The zero-order valence-corrected chi connectivity index (χ0v) is 12.6. The normalized spacial score (nSPS) is 11.7. The first-order chi connectivity index (χ1) is 10.4. The molecule has 2 aromatic rings. The van der Waals surface area contributed by atoms with Crippen LogP contribution in [-0.2, 0) is 0 Å². The summed E-state index contributed by atoms with van der Waals surface area (Å²) in [7, 11) is 0. The number of hydrogen-bond acceptors (Lipinski definition) is 6. The molecule has 0 fully saturated rings. The number of nitriles is 1. The van der Waals surface area contributed by atoms with Crippen LogP contribution in [0, 0.1) is 35.3 Å². The van der Waals surface area contributed by atoms with Gasteiger partial charge in [0.05, 0.1) is 21.9 Å². The van der Waals surface area contributed by atoms with Crippen molar-refractivity contribution >= 4 is 11.4 Å². The number of nitrogens with zero attached hydrogens (tertiary/aromatic N) is 3. The summed E-state index contributed by atoms with van der Waals surface area (Å²) in [4.78, 5) is 10.2. The van der Waals surface area contributed by atoms with Crippen molar-refractivity contribution in [3.63, 3.8) is 0 Å². The molecule has 1 heterocycles. The van der Waals surface area contributed by atoms with Crippen molar-refractivity contribution in [2.45, 2.75) is 26.7 Å². The number of benzene rings is 1. The van der Waals surface area contributed by atoms with Crippen LogP contribution in [0.3, 0.4) is 0 Å². The summed E-state index contributed by atoms with van der Waals surface area (Å²) in [6.07, 6.45) is 0. The number of rotatable bonds is 5. The second-order valence-electron chi connectivity index (χ2n) is 5.12. The molecular formula is C15H16N4O3. The van der Waals surface area contributed by atoms with Crippen LogP contribution in [0.2, 0.25) is 0 Å². The average Bonchev–Trinajstić information content (AvgIpc) is 2.83. The number of nitrogens with one attached hydrogen (secondary N) is 1. The second-order valence-corrected chi connectivity index (χ2v) is 5.12. The van der Waals surface area contributed by atoms with Crippen LogP contribution >= 0.6 is 0 Å². The van der Waals surface area contributed by atoms with E-state index in [1.165, 1.54) is 12.1 Å². The molecule has 2 rings (SSSR count). The van der Waals surface area contributed by atoms with Crippen LogP contribution in [0.25, 0.3) is 0 Å². The van der Waals surface area contributed by atoms with E-state index in [0.29, 0.717) is 12.2 Å². The smallest absolute Gasteiger partial charge is 0.270 e. The van der Waals surface area contributed by atoms with E-state index < -0.39 is 4.92 Å². The van der Waals surface area contributed by atoms with Crippen LogP contribution in [0.4, 0.5) is 11.4 Å². The first kappa shape index (κ1) is 15.5. The topological polar surface area (TPSA) is 105 Å². The predicted octanol–water partition coefficient (Wildman–Crippen LogP) is 3.29. The number of hydrogen-bond donors (Lipinski definition) is 1. The monoisotopic (exact) mass is 300 g/mol. The molecule has 1 N–H and O–H groups in total. The quantitative estimate of drug-likeness (QED) is 0.671. The minimum absolute atomic E-state index is 0.0964. The van der Waals surface area contributed by atoms with Gasteiger partial charge in [-0.25, -0.2) is 0 Å². The van der Waals surface area contributed by atoms with Gasteiger partial charge in [0.2, 0.25) is 0 Å². The molecule has 1 aromatic carbocycles. The molecule has 22 heavy (non-hydrogen) atoms. The maximum atomic E-state index is 10.7. The van der Waals surface area contributed by atoms with Crippen LogP contribution in [-0.4, -0.2) is 16.6 Å². The van der Waals surface area contributed by atoms with Crippen LogP contribution in [0.15, 0.2) is 22.7 Å². The van der Waals surface area contributed by atoms with Gasteiger partial charge in [-0.05, 0) is 19.9 Å². The molecule has 0 spiro atoms. The highest BCUT2D eigenvalue weighted by molar-refractivity contribution is 5.61. The third-order valence-electron chi connectivity index (χ3n) is 3.51. The summed E-state index contributed by atoms with van der Waals surface area (Å²) in [5.41, 5.74) is 2.61. The van der Waals surface area contributed by atoms with Crippen LogP contribution < -0.4 is 5.32 Å². The summed E-state index contributed by atoms with van der Waals surface area (Å²) in [6, 6.07) is 6.17. The highest BCUT2D eigenvalue weighted by atomic mass is 16.6. The largest absolute Gasteiger partial charge is 0.383 e. The molecule has 0 saturated carbocycles. The highest BCUT2D eigenvalue weighted by Crippen LogP contribution is 2.25. The Morgan fingerprint density at radius 2 is 2.23 bits per heavy atom. The molecule has 7 heteroatoms. The van der Waals surface area contributed by atoms with Gasteiger partial charge in [-0.1, -0.05) is 12.1 Å². The zero-order valence-electron chi connectivity index (χ0n) is 12.6. The van der Waals surface area contributed by atoms with E-state index in [-0.39, 0.29) is 17.2 Å². The van der Waals surface area contributed by atoms with Gasteiger partial charge in [-0.3, -0.25) is 10.1 Å². The number of non-ortho nitro benzene ring substituents is 1. The number of aromatic nitrogens is 1. The SMILES string of the molecule is Cc1noc(C)c1C(C)CNc1ccc([N+](=O)[O-])cc1C#N. The number of anilines is 1. The fourth-order valence-corrected chi connectivity index (χ4v) is 2.45. The van der Waals surface area contributed by atoms with Gasteiger partial charge in [0.25, 0.3) is 5.69 Å². The van der Waals surface area contributed by atoms with Crippen molar-refractivity contribution in [3.05, 3.63) is 50.9 Å². The van der Waals surface area contributed by atoms with E-state index in [0.717, 1.165) is 17.0 Å². The molecule has 1 unspecified atom stereocenters. The fourth-order valence-electron chi connectivity index (χ4n) is 2.45. The van der Waals surface area contributed by atoms with E-state index in [1.807, 2.05) is 26.8 Å². The Balaban J connectivity index is 2.15. The molecule has 7 nitrogen and oxygen atoms in total. The molecule has 0 aliphatic carbocycles. The maximum Gasteiger partial charge on any atom is 0.270 e. The molecule has 1 atom stereocenters. The highest BCUT2D eigenvalue weighted by Gasteiger charge is 2.17. The molecule has 1 aromatic heterocycles. The Hall–Kier alpha value is -2.88. The minimum Gasteiger partial charge on any atom is -0.383 e. The Bertz CT molecular complexity index is 726. The molecule has 0 aliphatic heterocycles. The van der Waals surface area contributed by atoms with Gasteiger partial charge in [-0.15, -0.1) is 0 Å². The standard InChI is InChI=1S/C15H16N4O3/c1-9(15-10(2)18-22-11(15)3)8-17-14-5-4-13(19(20)21)6-12(14)7-16/h4-6,9,17H,8H2,1-3H3. The molecule has 0 bridgehead atoms. The lowest BCUT2D eigenvalue weighted by atomic mass is 9.99. The van der Waals surface area contributed by atoms with Crippen molar-refractivity contribution < 1.29 is 9.45 Å². The average molecular weight is 300 g/mol. The third kappa shape index (κ3) is 3.06. The fraction of sp³-hybridized carbons (Fsp3) is 0.333. The second kappa shape index (κ2) is 6.26. The Labute approximate surface area is 127 Å². The van der Waals surface area contributed by atoms with E-state index >= 15 is 0 Å². The summed E-state index contributed by atoms with van der Waals surface area (Å²) in [6.45, 7) is 6.33. The van der Waals surface area contributed by atoms with Gasteiger partial charge in [-0.2, -0.15) is 5.26 Å². The van der Waals surface area contributed by atoms with Gasteiger partial charge in [0.1, 0.15) is 11.8 Å². The van der Waals surface area contributed by atoms with Crippen molar-refractivity contribution in [2.75, 3.05) is 11.9 Å². The molecule has 0 aliphatic rings. The summed E-state index contributed by atoms with van der Waals surface area (Å²) >= 11 is 0. The van der Waals surface area contributed by atoms with Crippen molar-refractivity contribution in [3.8, 4) is 6.07 Å². The maximum absolute atomic E-state index is 10.7. The molecule has 0 saturated heterocycles. The van der Waals surface area contributed by atoms with Crippen molar-refractivity contribution in [1.29, 1.82) is 5.26 Å². The molecule has 0 radical (unpaired) electrons. The van der Waals surface area contributed by atoms with E-state index in [1.54, 1.807) is 6.07 Å². The van der Waals surface area contributed by atoms with E-state index in [4.69, 9.17) is 9.78 Å². The third-order valence-corrected chi connectivity index (χ3v) is 3.51. The van der Waals surface area contributed by atoms with Crippen molar-refractivity contribution in [1.82, 2.24) is 5.16 Å². The van der Waals surface area contributed by atoms with Gasteiger partial charge >= 0.3 is 0 Å². The van der Waals surface area contributed by atoms with Gasteiger partial charge in [0, 0.05) is 30.2 Å². The number of nitro groups is 1. The Morgan fingerprint density at radius 1 is 1.50 bits per heavy atom. The van der Waals surface area contributed by atoms with E-state index in [2.05, 4.69) is 10.5 Å². The minimum atomic E-state index is -0.517. The summed E-state index contributed by atoms with van der Waals surface area (Å²) < 4.78 is 5.15. The van der Waals surface area contributed by atoms with Crippen LogP contribution in [0.1, 0.15) is 35.4 Å². The van der Waals surface area contributed by atoms with Crippen molar-refractivity contribution in [2.24, 2.45) is 0 Å². The molecule has 0 amide bonds.